The third kappa shape index (κ3) is 1.49. The monoisotopic (exact) mass is 245 g/mol. The van der Waals surface area contributed by atoms with Crippen molar-refractivity contribution < 1.29 is 14.6 Å². The highest BCUT2D eigenvalue weighted by molar-refractivity contribution is 5.82. The van der Waals surface area contributed by atoms with Gasteiger partial charge in [-0.25, -0.2) is 4.79 Å². The lowest BCUT2D eigenvalue weighted by atomic mass is 9.79. The molecule has 0 aromatic heterocycles. The van der Waals surface area contributed by atoms with E-state index in [-0.39, 0.29) is 11.8 Å². The lowest BCUT2D eigenvalue weighted by Gasteiger charge is -2.35. The zero-order valence-electron chi connectivity index (χ0n) is 10.1. The normalized spacial score (nSPS) is 28.2. The summed E-state index contributed by atoms with van der Waals surface area (Å²) >= 11 is 0. The van der Waals surface area contributed by atoms with E-state index in [0.29, 0.717) is 5.75 Å². The van der Waals surface area contributed by atoms with Crippen LogP contribution in [-0.2, 0) is 4.79 Å². The number of benzene rings is 1. The van der Waals surface area contributed by atoms with Crippen molar-refractivity contribution in [2.75, 3.05) is 12.4 Å². The van der Waals surface area contributed by atoms with E-state index in [1.807, 2.05) is 24.3 Å². The Balaban J connectivity index is 2.10. The number of nitrogens with one attached hydrogen (secondary N) is 1. The fraction of sp³-hybridized carbons (Fsp3) is 0.357. The number of hydrogen-bond donors (Lipinski definition) is 2. The minimum Gasteiger partial charge on any atom is -0.495 e. The zero-order chi connectivity index (χ0) is 12.7. The number of aliphatic carboxylic acids is 1. The Morgan fingerprint density at radius 1 is 1.50 bits per heavy atom. The van der Waals surface area contributed by atoms with Gasteiger partial charge >= 0.3 is 5.97 Å². The van der Waals surface area contributed by atoms with Gasteiger partial charge in [0.25, 0.3) is 0 Å². The molecule has 0 radical (unpaired) electrons. The first-order valence-electron chi connectivity index (χ1n) is 6.05. The van der Waals surface area contributed by atoms with Gasteiger partial charge in [-0.3, -0.25) is 0 Å². The summed E-state index contributed by atoms with van der Waals surface area (Å²) in [5.74, 6) is 0.178. The number of allylic oxidation sites excluding steroid dienone is 1. The molecule has 18 heavy (non-hydrogen) atoms. The summed E-state index contributed by atoms with van der Waals surface area (Å²) in [6.45, 7) is 0. The van der Waals surface area contributed by atoms with Crippen LogP contribution in [0.3, 0.4) is 0 Å². The number of para-hydroxylation sites is 1. The van der Waals surface area contributed by atoms with Crippen LogP contribution < -0.4 is 10.1 Å². The summed E-state index contributed by atoms with van der Waals surface area (Å²) in [5, 5.41) is 12.4. The van der Waals surface area contributed by atoms with Crippen LogP contribution in [0.5, 0.6) is 5.75 Å². The van der Waals surface area contributed by atoms with Crippen molar-refractivity contribution in [3.05, 3.63) is 35.9 Å². The molecule has 3 rings (SSSR count). The first-order valence-corrected chi connectivity index (χ1v) is 6.05. The van der Waals surface area contributed by atoms with Gasteiger partial charge in [0, 0.05) is 5.92 Å². The summed E-state index contributed by atoms with van der Waals surface area (Å²) in [5.41, 5.74) is 1.99. The number of fused-ring (bicyclic) bond motifs is 3. The Labute approximate surface area is 105 Å². The first kappa shape index (κ1) is 11.1. The van der Waals surface area contributed by atoms with E-state index in [0.717, 1.165) is 17.7 Å². The standard InChI is InChI=1S/C14H15NO3/c1-18-11-7-3-6-9-8-4-2-5-10(8)13(14(16)17)15-12(9)11/h2-3,5-8,10,13,15H,4H2,1H3,(H,16,17)/t8-,10+,13+/m1/s1. The minimum atomic E-state index is -0.812. The smallest absolute Gasteiger partial charge is 0.326 e. The summed E-state index contributed by atoms with van der Waals surface area (Å²) in [6.07, 6.45) is 4.98. The van der Waals surface area contributed by atoms with Crippen LogP contribution in [0.4, 0.5) is 5.69 Å². The number of methoxy groups -OCH3 is 1. The molecule has 0 bridgehead atoms. The second-order valence-electron chi connectivity index (χ2n) is 4.73. The molecule has 94 valence electrons. The average Bonchev–Trinajstić information content (AvgIpc) is 2.86. The molecule has 4 heteroatoms. The molecule has 0 amide bonds. The van der Waals surface area contributed by atoms with Crippen molar-refractivity contribution >= 4 is 11.7 Å². The maximum absolute atomic E-state index is 11.4. The molecule has 3 atom stereocenters. The quantitative estimate of drug-likeness (QED) is 0.784. The predicted molar refractivity (Wildman–Crippen MR) is 68.0 cm³/mol. The molecule has 1 aliphatic carbocycles. The first-order chi connectivity index (χ1) is 8.72. The number of ether oxygens (including phenoxy) is 1. The number of carboxylic acid groups (broad SMARTS) is 1. The summed E-state index contributed by atoms with van der Waals surface area (Å²) in [7, 11) is 1.60. The van der Waals surface area contributed by atoms with Crippen molar-refractivity contribution in [1.29, 1.82) is 0 Å². The molecule has 4 nitrogen and oxygen atoms in total. The molecule has 1 aromatic rings. The van der Waals surface area contributed by atoms with E-state index >= 15 is 0 Å². The average molecular weight is 245 g/mol. The fourth-order valence-corrected chi connectivity index (χ4v) is 3.01. The number of rotatable bonds is 2. The number of hydrogen-bond acceptors (Lipinski definition) is 3. The Morgan fingerprint density at radius 3 is 3.06 bits per heavy atom. The zero-order valence-corrected chi connectivity index (χ0v) is 10.1. The molecular formula is C14H15NO3. The van der Waals surface area contributed by atoms with Gasteiger partial charge in [0.1, 0.15) is 11.8 Å². The molecule has 1 heterocycles. The van der Waals surface area contributed by atoms with Crippen LogP contribution in [0.25, 0.3) is 0 Å². The molecule has 1 aromatic carbocycles. The highest BCUT2D eigenvalue weighted by atomic mass is 16.5. The van der Waals surface area contributed by atoms with E-state index < -0.39 is 12.0 Å². The van der Waals surface area contributed by atoms with Gasteiger partial charge in [-0.05, 0) is 24.0 Å². The lowest BCUT2D eigenvalue weighted by Crippen LogP contribution is -2.41. The predicted octanol–water partition coefficient (Wildman–Crippen LogP) is 2.23. The maximum Gasteiger partial charge on any atom is 0.326 e. The van der Waals surface area contributed by atoms with Crippen LogP contribution in [0.1, 0.15) is 17.9 Å². The van der Waals surface area contributed by atoms with Gasteiger partial charge in [-0.15, -0.1) is 0 Å². The van der Waals surface area contributed by atoms with Gasteiger partial charge in [0.05, 0.1) is 12.8 Å². The summed E-state index contributed by atoms with van der Waals surface area (Å²) in [6, 6.07) is 5.29. The van der Waals surface area contributed by atoms with E-state index in [2.05, 4.69) is 11.4 Å². The van der Waals surface area contributed by atoms with Crippen molar-refractivity contribution in [2.24, 2.45) is 5.92 Å². The number of carboxylic acids is 1. The summed E-state index contributed by atoms with van der Waals surface area (Å²) in [4.78, 5) is 11.4. The van der Waals surface area contributed by atoms with Gasteiger partial charge in [-0.2, -0.15) is 0 Å². The number of carbonyl (C=O) groups is 1. The fourth-order valence-electron chi connectivity index (χ4n) is 3.01. The van der Waals surface area contributed by atoms with Crippen molar-refractivity contribution in [2.45, 2.75) is 18.4 Å². The molecule has 0 saturated heterocycles. The second kappa shape index (κ2) is 4.05. The Hall–Kier alpha value is -1.97. The maximum atomic E-state index is 11.4. The largest absolute Gasteiger partial charge is 0.495 e. The van der Waals surface area contributed by atoms with Crippen LogP contribution >= 0.6 is 0 Å². The molecule has 0 fully saturated rings. The topological polar surface area (TPSA) is 58.6 Å². The third-order valence-electron chi connectivity index (χ3n) is 3.84. The van der Waals surface area contributed by atoms with Crippen molar-refractivity contribution in [1.82, 2.24) is 0 Å². The van der Waals surface area contributed by atoms with Gasteiger partial charge in [0.2, 0.25) is 0 Å². The second-order valence-corrected chi connectivity index (χ2v) is 4.73. The molecule has 0 unspecified atom stereocenters. The number of anilines is 1. The molecule has 2 aliphatic rings. The van der Waals surface area contributed by atoms with E-state index in [4.69, 9.17) is 4.74 Å². The Morgan fingerprint density at radius 2 is 2.33 bits per heavy atom. The van der Waals surface area contributed by atoms with E-state index in [1.165, 1.54) is 0 Å². The summed E-state index contributed by atoms with van der Waals surface area (Å²) < 4.78 is 5.31. The SMILES string of the molecule is COc1cccc2c1N[C@H](C(=O)O)[C@H]1C=CC[C@H]21. The Bertz CT molecular complexity index is 524. The Kier molecular flexibility index (Phi) is 2.51. The van der Waals surface area contributed by atoms with Gasteiger partial charge in [0.15, 0.2) is 0 Å². The van der Waals surface area contributed by atoms with Gasteiger partial charge < -0.3 is 15.2 Å². The van der Waals surface area contributed by atoms with E-state index in [9.17, 15) is 9.90 Å². The molecule has 2 N–H and O–H groups in total. The minimum absolute atomic E-state index is 0.0297. The highest BCUT2D eigenvalue weighted by Crippen LogP contribution is 2.47. The van der Waals surface area contributed by atoms with Crippen molar-refractivity contribution in [3.8, 4) is 5.75 Å². The van der Waals surface area contributed by atoms with Crippen molar-refractivity contribution in [3.63, 3.8) is 0 Å². The molecule has 0 spiro atoms. The molecular weight excluding hydrogens is 230 g/mol. The van der Waals surface area contributed by atoms with Crippen LogP contribution in [0.15, 0.2) is 30.4 Å². The third-order valence-corrected chi connectivity index (χ3v) is 3.84. The van der Waals surface area contributed by atoms with Crippen LogP contribution in [0, 0.1) is 5.92 Å². The van der Waals surface area contributed by atoms with Crippen LogP contribution in [-0.4, -0.2) is 24.2 Å². The van der Waals surface area contributed by atoms with E-state index in [1.54, 1.807) is 7.11 Å². The van der Waals surface area contributed by atoms with Gasteiger partial charge in [-0.1, -0.05) is 24.3 Å². The molecule has 1 aliphatic heterocycles. The highest BCUT2D eigenvalue weighted by Gasteiger charge is 2.41. The lowest BCUT2D eigenvalue weighted by molar-refractivity contribution is -0.139. The van der Waals surface area contributed by atoms with Crippen LogP contribution in [0.2, 0.25) is 0 Å². The molecule has 0 saturated carbocycles.